The first-order chi connectivity index (χ1) is 12.5. The number of carbonyl (C=O) groups is 1. The Morgan fingerprint density at radius 2 is 2.12 bits per heavy atom. The van der Waals surface area contributed by atoms with E-state index in [0.717, 1.165) is 62.9 Å². The summed E-state index contributed by atoms with van der Waals surface area (Å²) in [5, 5.41) is 4.13. The van der Waals surface area contributed by atoms with Crippen molar-refractivity contribution in [1.29, 1.82) is 0 Å². The molecule has 0 radical (unpaired) electrons. The zero-order valence-electron chi connectivity index (χ0n) is 15.5. The van der Waals surface area contributed by atoms with Gasteiger partial charge in [0.15, 0.2) is 0 Å². The van der Waals surface area contributed by atoms with Gasteiger partial charge in [0, 0.05) is 54.5 Å². The minimum Gasteiger partial charge on any atom is -0.381 e. The Balaban J connectivity index is 1.53. The molecule has 26 heavy (non-hydrogen) atoms. The molecule has 2 saturated heterocycles. The molecule has 0 saturated carbocycles. The molecule has 144 valence electrons. The van der Waals surface area contributed by atoms with E-state index in [1.807, 2.05) is 23.1 Å². The summed E-state index contributed by atoms with van der Waals surface area (Å²) in [4.78, 5) is 18.1. The summed E-state index contributed by atoms with van der Waals surface area (Å²) >= 11 is 7.86. The number of piperazine rings is 1. The van der Waals surface area contributed by atoms with E-state index in [1.54, 1.807) is 11.8 Å². The van der Waals surface area contributed by atoms with Crippen LogP contribution in [0.2, 0.25) is 5.02 Å². The third-order valence-corrected chi connectivity index (χ3v) is 6.06. The zero-order chi connectivity index (χ0) is 18.5. The molecule has 1 N–H and O–H groups in total. The molecule has 1 unspecified atom stereocenters. The standard InChI is InChI=1S/C19H28ClN3O2S/c1-14(2)26-18-4-3-16(20)11-17(18)21-19(24)23-8-6-22(7-9-23)12-15-5-10-25-13-15/h3-4,11,14-15H,5-10,12-13H2,1-2H3,(H,21,24). The number of thioether (sulfide) groups is 1. The number of hydrogen-bond donors (Lipinski definition) is 1. The van der Waals surface area contributed by atoms with Crippen LogP contribution in [0.5, 0.6) is 0 Å². The number of nitrogens with zero attached hydrogens (tertiary/aromatic N) is 2. The number of nitrogens with one attached hydrogen (secondary N) is 1. The highest BCUT2D eigenvalue weighted by Gasteiger charge is 2.25. The van der Waals surface area contributed by atoms with Gasteiger partial charge in [0.1, 0.15) is 0 Å². The van der Waals surface area contributed by atoms with E-state index in [1.165, 1.54) is 0 Å². The predicted octanol–water partition coefficient (Wildman–Crippen LogP) is 4.03. The van der Waals surface area contributed by atoms with Crippen molar-refractivity contribution in [2.75, 3.05) is 51.3 Å². The van der Waals surface area contributed by atoms with Gasteiger partial charge in [0.2, 0.25) is 0 Å². The molecule has 3 rings (SSSR count). The van der Waals surface area contributed by atoms with Crippen molar-refractivity contribution in [3.05, 3.63) is 23.2 Å². The first-order valence-electron chi connectivity index (χ1n) is 9.33. The van der Waals surface area contributed by atoms with Crippen molar-refractivity contribution in [2.24, 2.45) is 5.92 Å². The smallest absolute Gasteiger partial charge is 0.321 e. The lowest BCUT2D eigenvalue weighted by Gasteiger charge is -2.35. The fourth-order valence-corrected chi connectivity index (χ4v) is 4.44. The number of rotatable bonds is 5. The van der Waals surface area contributed by atoms with Crippen LogP contribution < -0.4 is 5.32 Å². The van der Waals surface area contributed by atoms with Crippen LogP contribution in [-0.4, -0.2) is 67.0 Å². The molecule has 5 nitrogen and oxygen atoms in total. The molecule has 2 aliphatic heterocycles. The molecule has 2 aliphatic rings. The van der Waals surface area contributed by atoms with E-state index in [0.29, 0.717) is 16.2 Å². The van der Waals surface area contributed by atoms with Crippen LogP contribution in [0.15, 0.2) is 23.1 Å². The van der Waals surface area contributed by atoms with Crippen molar-refractivity contribution in [3.8, 4) is 0 Å². The SMILES string of the molecule is CC(C)Sc1ccc(Cl)cc1NC(=O)N1CCN(CC2CCOC2)CC1. The first kappa shape index (κ1) is 19.8. The first-order valence-corrected chi connectivity index (χ1v) is 10.6. The van der Waals surface area contributed by atoms with Crippen LogP contribution in [0.1, 0.15) is 20.3 Å². The molecule has 2 fully saturated rings. The van der Waals surface area contributed by atoms with Gasteiger partial charge in [-0.05, 0) is 30.5 Å². The average molecular weight is 398 g/mol. The van der Waals surface area contributed by atoms with Crippen molar-refractivity contribution in [3.63, 3.8) is 0 Å². The lowest BCUT2D eigenvalue weighted by Crippen LogP contribution is -2.51. The quantitative estimate of drug-likeness (QED) is 0.762. The monoisotopic (exact) mass is 397 g/mol. The van der Waals surface area contributed by atoms with E-state index in [-0.39, 0.29) is 6.03 Å². The molecule has 1 aromatic carbocycles. The fraction of sp³-hybridized carbons (Fsp3) is 0.632. The van der Waals surface area contributed by atoms with Gasteiger partial charge in [-0.15, -0.1) is 11.8 Å². The molecule has 1 atom stereocenters. The van der Waals surface area contributed by atoms with Crippen LogP contribution in [-0.2, 0) is 4.74 Å². The minimum atomic E-state index is -0.0401. The Morgan fingerprint density at radius 3 is 2.77 bits per heavy atom. The lowest BCUT2D eigenvalue weighted by atomic mass is 10.1. The predicted molar refractivity (Wildman–Crippen MR) is 108 cm³/mol. The number of amides is 2. The molecule has 0 spiro atoms. The highest BCUT2D eigenvalue weighted by Crippen LogP contribution is 2.32. The van der Waals surface area contributed by atoms with Crippen molar-refractivity contribution >= 4 is 35.1 Å². The summed E-state index contributed by atoms with van der Waals surface area (Å²) in [5.74, 6) is 0.650. The highest BCUT2D eigenvalue weighted by molar-refractivity contribution is 8.00. The Hall–Kier alpha value is -0.950. The number of halogens is 1. The minimum absolute atomic E-state index is 0.0401. The maximum Gasteiger partial charge on any atom is 0.321 e. The van der Waals surface area contributed by atoms with E-state index < -0.39 is 0 Å². The summed E-state index contributed by atoms with van der Waals surface area (Å²) < 4.78 is 5.46. The van der Waals surface area contributed by atoms with Crippen LogP contribution in [0.3, 0.4) is 0 Å². The van der Waals surface area contributed by atoms with Gasteiger partial charge < -0.3 is 15.0 Å². The third kappa shape index (κ3) is 5.52. The maximum absolute atomic E-state index is 12.7. The van der Waals surface area contributed by atoms with Crippen LogP contribution in [0, 0.1) is 5.92 Å². The van der Waals surface area contributed by atoms with Gasteiger partial charge in [0.25, 0.3) is 0 Å². The largest absolute Gasteiger partial charge is 0.381 e. The van der Waals surface area contributed by atoms with E-state index in [2.05, 4.69) is 24.1 Å². The van der Waals surface area contributed by atoms with Crippen molar-refractivity contribution < 1.29 is 9.53 Å². The number of carbonyl (C=O) groups excluding carboxylic acids is 1. The van der Waals surface area contributed by atoms with E-state index in [4.69, 9.17) is 16.3 Å². The number of urea groups is 1. The third-order valence-electron chi connectivity index (χ3n) is 4.75. The molecule has 7 heteroatoms. The van der Waals surface area contributed by atoms with Crippen LogP contribution >= 0.6 is 23.4 Å². The lowest BCUT2D eigenvalue weighted by molar-refractivity contribution is 0.124. The van der Waals surface area contributed by atoms with E-state index in [9.17, 15) is 4.79 Å². The summed E-state index contributed by atoms with van der Waals surface area (Å²) in [6.45, 7) is 10.5. The number of benzene rings is 1. The molecule has 2 heterocycles. The summed E-state index contributed by atoms with van der Waals surface area (Å²) in [6.07, 6.45) is 1.16. The Labute approximate surface area is 165 Å². The van der Waals surface area contributed by atoms with Crippen LogP contribution in [0.25, 0.3) is 0 Å². The number of ether oxygens (including phenoxy) is 1. The molecule has 0 aromatic heterocycles. The molecule has 0 bridgehead atoms. The summed E-state index contributed by atoms with van der Waals surface area (Å²) in [6, 6.07) is 5.64. The zero-order valence-corrected chi connectivity index (χ0v) is 17.1. The number of anilines is 1. The van der Waals surface area contributed by atoms with E-state index >= 15 is 0 Å². The molecule has 0 aliphatic carbocycles. The molecular formula is C19H28ClN3O2S. The Morgan fingerprint density at radius 1 is 1.35 bits per heavy atom. The molecule has 1 aromatic rings. The maximum atomic E-state index is 12.7. The second kappa shape index (κ2) is 9.31. The van der Waals surface area contributed by atoms with Gasteiger partial charge in [-0.1, -0.05) is 25.4 Å². The summed E-state index contributed by atoms with van der Waals surface area (Å²) in [5.41, 5.74) is 0.798. The Kier molecular flexibility index (Phi) is 7.09. The summed E-state index contributed by atoms with van der Waals surface area (Å²) in [7, 11) is 0. The topological polar surface area (TPSA) is 44.8 Å². The van der Waals surface area contributed by atoms with Crippen molar-refractivity contribution in [2.45, 2.75) is 30.4 Å². The molecule has 2 amide bonds. The average Bonchev–Trinajstić information content (AvgIpc) is 3.10. The van der Waals surface area contributed by atoms with Gasteiger partial charge in [0.05, 0.1) is 12.3 Å². The van der Waals surface area contributed by atoms with Gasteiger partial charge in [-0.3, -0.25) is 4.90 Å². The van der Waals surface area contributed by atoms with Gasteiger partial charge >= 0.3 is 6.03 Å². The fourth-order valence-electron chi connectivity index (χ4n) is 3.38. The second-order valence-electron chi connectivity index (χ2n) is 7.25. The van der Waals surface area contributed by atoms with Gasteiger partial charge in [-0.2, -0.15) is 0 Å². The molecular weight excluding hydrogens is 370 g/mol. The Bertz CT molecular complexity index is 615. The normalized spacial score (nSPS) is 21.4. The second-order valence-corrected chi connectivity index (χ2v) is 9.31. The van der Waals surface area contributed by atoms with Crippen molar-refractivity contribution in [1.82, 2.24) is 9.80 Å². The number of hydrogen-bond acceptors (Lipinski definition) is 4. The highest BCUT2D eigenvalue weighted by atomic mass is 35.5. The van der Waals surface area contributed by atoms with Gasteiger partial charge in [-0.25, -0.2) is 4.79 Å². The van der Waals surface area contributed by atoms with Crippen LogP contribution in [0.4, 0.5) is 10.5 Å².